The number of rotatable bonds is 7. The van der Waals surface area contributed by atoms with Crippen LogP contribution in [-0.2, 0) is 14.8 Å². The zero-order chi connectivity index (χ0) is 28.8. The van der Waals surface area contributed by atoms with Crippen LogP contribution in [0.3, 0.4) is 0 Å². The second-order valence-electron chi connectivity index (χ2n) is 10.2. The highest BCUT2D eigenvalue weighted by Gasteiger charge is 2.42. The second-order valence-corrected chi connectivity index (χ2v) is 12.0. The van der Waals surface area contributed by atoms with E-state index in [-0.39, 0.29) is 39.6 Å². The quantitative estimate of drug-likeness (QED) is 0.298. The summed E-state index contributed by atoms with van der Waals surface area (Å²) in [6, 6.07) is 6.82. The smallest absolute Gasteiger partial charge is 0.309 e. The Morgan fingerprint density at radius 2 is 1.93 bits per heavy atom. The lowest BCUT2D eigenvalue weighted by molar-refractivity contribution is -0.153. The Morgan fingerprint density at radius 3 is 2.62 bits per heavy atom. The van der Waals surface area contributed by atoms with Crippen LogP contribution in [0.4, 0.5) is 14.6 Å². The number of aliphatic hydroxyl groups is 1. The molecule has 1 saturated carbocycles. The Hall–Kier alpha value is -3.97. The number of carbonyl (C=O) groups is 1. The first-order chi connectivity index (χ1) is 18.9. The molecule has 0 aliphatic heterocycles. The lowest BCUT2D eigenvalue weighted by Gasteiger charge is -2.39. The molecule has 3 atom stereocenters. The summed E-state index contributed by atoms with van der Waals surface area (Å²) in [6.07, 6.45) is 4.43. The van der Waals surface area contributed by atoms with Crippen LogP contribution in [0.5, 0.6) is 0 Å². The summed E-state index contributed by atoms with van der Waals surface area (Å²) in [5.41, 5.74) is -0.555. The van der Waals surface area contributed by atoms with Crippen molar-refractivity contribution < 1.29 is 32.2 Å². The number of pyridine rings is 1. The molecule has 10 nitrogen and oxygen atoms in total. The van der Waals surface area contributed by atoms with Crippen molar-refractivity contribution >= 4 is 32.8 Å². The average molecular weight is 572 g/mol. The third-order valence-corrected chi connectivity index (χ3v) is 9.08. The molecule has 40 heavy (non-hydrogen) atoms. The van der Waals surface area contributed by atoms with Crippen molar-refractivity contribution in [1.29, 1.82) is 0 Å². The molecule has 3 heterocycles. The molecule has 1 unspecified atom stereocenters. The fourth-order valence-corrected chi connectivity index (χ4v) is 6.39. The lowest BCUT2D eigenvalue weighted by Crippen LogP contribution is -2.47. The van der Waals surface area contributed by atoms with E-state index in [0.29, 0.717) is 19.3 Å². The van der Waals surface area contributed by atoms with Crippen LogP contribution in [0, 0.1) is 24.5 Å². The fourth-order valence-electron chi connectivity index (χ4n) is 5.06. The first-order valence-corrected chi connectivity index (χ1v) is 14.1. The van der Waals surface area contributed by atoms with Crippen LogP contribution < -0.4 is 5.32 Å². The van der Waals surface area contributed by atoms with E-state index in [1.165, 1.54) is 25.3 Å². The molecule has 1 aliphatic rings. The molecule has 5 rings (SSSR count). The maximum Gasteiger partial charge on any atom is 0.309 e. The molecule has 0 bridgehead atoms. The molecule has 1 aromatic carbocycles. The van der Waals surface area contributed by atoms with Crippen LogP contribution in [0.25, 0.3) is 22.4 Å². The normalized spacial score (nSPS) is 20.4. The van der Waals surface area contributed by atoms with E-state index < -0.39 is 45.2 Å². The van der Waals surface area contributed by atoms with Crippen molar-refractivity contribution in [2.45, 2.75) is 56.1 Å². The topological polar surface area (TPSA) is 147 Å². The van der Waals surface area contributed by atoms with Gasteiger partial charge in [0, 0.05) is 23.2 Å². The Bertz CT molecular complexity index is 1710. The summed E-state index contributed by atoms with van der Waals surface area (Å²) in [4.78, 5) is 23.8. The van der Waals surface area contributed by atoms with Crippen molar-refractivity contribution in [2.75, 3.05) is 5.32 Å². The molecule has 210 valence electrons. The van der Waals surface area contributed by atoms with Gasteiger partial charge in [0.1, 0.15) is 5.82 Å². The lowest BCUT2D eigenvalue weighted by atomic mass is 9.74. The van der Waals surface area contributed by atoms with Gasteiger partial charge in [-0.3, -0.25) is 4.79 Å². The number of hydrogen-bond acceptors (Lipinski definition) is 8. The number of aromatic nitrogens is 4. The van der Waals surface area contributed by atoms with Crippen molar-refractivity contribution in [1.82, 2.24) is 18.9 Å². The van der Waals surface area contributed by atoms with Gasteiger partial charge in [0.25, 0.3) is 10.0 Å². The van der Waals surface area contributed by atoms with Gasteiger partial charge in [0.2, 0.25) is 0 Å². The molecule has 3 aromatic heterocycles. The Labute approximate surface area is 228 Å². The summed E-state index contributed by atoms with van der Waals surface area (Å²) in [5, 5.41) is 23.4. The van der Waals surface area contributed by atoms with Crippen molar-refractivity contribution in [3.63, 3.8) is 0 Å². The van der Waals surface area contributed by atoms with E-state index in [1.54, 1.807) is 12.1 Å². The molecule has 13 heteroatoms. The predicted octanol–water partition coefficient (Wildman–Crippen LogP) is 4.12. The van der Waals surface area contributed by atoms with Crippen LogP contribution >= 0.6 is 0 Å². The minimum Gasteiger partial charge on any atom is -0.481 e. The number of aliphatic carboxylic acids is 1. The highest BCUT2D eigenvalue weighted by Crippen LogP contribution is 2.37. The van der Waals surface area contributed by atoms with Gasteiger partial charge in [-0.1, -0.05) is 17.7 Å². The highest BCUT2D eigenvalue weighted by atomic mass is 32.2. The molecule has 0 radical (unpaired) electrons. The molecule has 4 aromatic rings. The Kier molecular flexibility index (Phi) is 7.04. The monoisotopic (exact) mass is 571 g/mol. The number of hydrogen-bond donors (Lipinski definition) is 3. The molecule has 1 fully saturated rings. The van der Waals surface area contributed by atoms with Gasteiger partial charge in [-0.2, -0.15) is 0 Å². The van der Waals surface area contributed by atoms with Gasteiger partial charge in [-0.05, 0) is 57.7 Å². The molecule has 1 aliphatic carbocycles. The first-order valence-electron chi connectivity index (χ1n) is 12.6. The van der Waals surface area contributed by atoms with Crippen LogP contribution in [0.15, 0.2) is 53.8 Å². The minimum absolute atomic E-state index is 0.00423. The highest BCUT2D eigenvalue weighted by molar-refractivity contribution is 7.90. The van der Waals surface area contributed by atoms with E-state index in [1.807, 2.05) is 6.92 Å². The number of fused-ring (bicyclic) bond motifs is 1. The van der Waals surface area contributed by atoms with Crippen molar-refractivity contribution in [2.24, 2.45) is 5.92 Å². The average Bonchev–Trinajstić information content (AvgIpc) is 3.29. The first kappa shape index (κ1) is 27.6. The summed E-state index contributed by atoms with van der Waals surface area (Å²) in [6.45, 7) is 3.25. The van der Waals surface area contributed by atoms with E-state index >= 15 is 0 Å². The number of aryl methyl sites for hydroxylation is 1. The number of anilines is 1. The maximum absolute atomic E-state index is 14.8. The molecule has 0 spiro atoms. The standard InChI is InChI=1S/C27H27F2N5O5S/c1-15-5-7-19(8-6-15)40(38,39)34-14-21(20-10-17(28)12-31-25(20)34)23-30-13-22(29)24(33-23)32-18-4-3-9-27(37,11-18)16(2)26(35)36/h5-8,10,12-14,16,18,37H,3-4,9,11H2,1-2H3,(H,35,36)(H,30,32,33)/t16?,18-,27-/m0/s1. The Morgan fingerprint density at radius 1 is 1.20 bits per heavy atom. The van der Waals surface area contributed by atoms with Crippen molar-refractivity contribution in [3.05, 3.63) is 66.1 Å². The van der Waals surface area contributed by atoms with Gasteiger partial charge >= 0.3 is 5.97 Å². The zero-order valence-electron chi connectivity index (χ0n) is 21.7. The minimum atomic E-state index is -4.14. The largest absolute Gasteiger partial charge is 0.481 e. The number of benzene rings is 1. The predicted molar refractivity (Wildman–Crippen MR) is 142 cm³/mol. The third-order valence-electron chi connectivity index (χ3n) is 7.42. The summed E-state index contributed by atoms with van der Waals surface area (Å²) in [7, 11) is -4.14. The van der Waals surface area contributed by atoms with Crippen LogP contribution in [0.1, 0.15) is 38.2 Å². The molecule has 0 saturated heterocycles. The SMILES string of the molecule is Cc1ccc(S(=O)(=O)n2cc(-c3ncc(F)c(N[C@H]4CCC[C@@](O)(C(C)C(=O)O)C4)n3)c3cc(F)cnc32)cc1. The van der Waals surface area contributed by atoms with E-state index in [0.717, 1.165) is 28.0 Å². The number of nitrogens with zero attached hydrogens (tertiary/aromatic N) is 4. The number of halogens is 2. The Balaban J connectivity index is 1.54. The van der Waals surface area contributed by atoms with Crippen LogP contribution in [-0.4, -0.2) is 55.2 Å². The molecular formula is C27H27F2N5O5S. The summed E-state index contributed by atoms with van der Waals surface area (Å²) < 4.78 is 57.0. The van der Waals surface area contributed by atoms with E-state index in [2.05, 4.69) is 20.3 Å². The third kappa shape index (κ3) is 5.02. The molecular weight excluding hydrogens is 544 g/mol. The van der Waals surface area contributed by atoms with Gasteiger partial charge in [-0.15, -0.1) is 0 Å². The van der Waals surface area contributed by atoms with E-state index in [9.17, 15) is 32.2 Å². The number of carboxylic acids is 1. The zero-order valence-corrected chi connectivity index (χ0v) is 22.5. The van der Waals surface area contributed by atoms with Crippen LogP contribution in [0.2, 0.25) is 0 Å². The second kappa shape index (κ2) is 10.2. The van der Waals surface area contributed by atoms with Gasteiger partial charge in [-0.25, -0.2) is 36.1 Å². The van der Waals surface area contributed by atoms with Crippen molar-refractivity contribution in [3.8, 4) is 11.4 Å². The van der Waals surface area contributed by atoms with Gasteiger partial charge in [0.05, 0.1) is 28.8 Å². The summed E-state index contributed by atoms with van der Waals surface area (Å²) >= 11 is 0. The fraction of sp³-hybridized carbons (Fsp3) is 0.333. The van der Waals surface area contributed by atoms with Gasteiger partial charge < -0.3 is 15.5 Å². The van der Waals surface area contributed by atoms with Gasteiger partial charge in [0.15, 0.2) is 23.1 Å². The summed E-state index contributed by atoms with van der Waals surface area (Å²) in [5.74, 6) is -3.96. The van der Waals surface area contributed by atoms with E-state index in [4.69, 9.17) is 0 Å². The number of nitrogens with one attached hydrogen (secondary N) is 1. The maximum atomic E-state index is 14.8. The molecule has 0 amide bonds. The molecule has 3 N–H and O–H groups in total. The number of carboxylic acid groups (broad SMARTS) is 1.